The van der Waals surface area contributed by atoms with Gasteiger partial charge in [0.25, 0.3) is 0 Å². The third-order valence-corrected chi connectivity index (χ3v) is 10.3. The van der Waals surface area contributed by atoms with Gasteiger partial charge in [-0.2, -0.15) is 0 Å². The van der Waals surface area contributed by atoms with Crippen LogP contribution >= 0.6 is 0 Å². The zero-order valence-electron chi connectivity index (χ0n) is 36.1. The molecular formula is C49H89NO5. The molecule has 320 valence electrons. The third kappa shape index (κ3) is 41.3. The van der Waals surface area contributed by atoms with Crippen molar-refractivity contribution in [2.75, 3.05) is 13.2 Å². The first-order chi connectivity index (χ1) is 27.0. The summed E-state index contributed by atoms with van der Waals surface area (Å²) in [5, 5.41) is 22.8. The fourth-order valence-corrected chi connectivity index (χ4v) is 6.65. The summed E-state index contributed by atoms with van der Waals surface area (Å²) >= 11 is 0. The summed E-state index contributed by atoms with van der Waals surface area (Å²) in [7, 11) is 0. The Labute approximate surface area is 340 Å². The second-order valence-electron chi connectivity index (χ2n) is 15.7. The van der Waals surface area contributed by atoms with E-state index in [0.717, 1.165) is 83.5 Å². The van der Waals surface area contributed by atoms with Crippen molar-refractivity contribution in [3.8, 4) is 0 Å². The Morgan fingerprint density at radius 3 is 1.44 bits per heavy atom. The molecule has 0 aromatic heterocycles. The highest BCUT2D eigenvalue weighted by Gasteiger charge is 2.18. The fourth-order valence-electron chi connectivity index (χ4n) is 6.65. The van der Waals surface area contributed by atoms with Gasteiger partial charge in [0, 0.05) is 12.8 Å². The predicted octanol–water partition coefficient (Wildman–Crippen LogP) is 13.5. The van der Waals surface area contributed by atoms with Gasteiger partial charge in [-0.1, -0.05) is 172 Å². The average molecular weight is 772 g/mol. The molecule has 0 bridgehead atoms. The van der Waals surface area contributed by atoms with Crippen LogP contribution in [0.4, 0.5) is 0 Å². The van der Waals surface area contributed by atoms with E-state index in [-0.39, 0.29) is 18.5 Å². The third-order valence-electron chi connectivity index (χ3n) is 10.3. The van der Waals surface area contributed by atoms with Gasteiger partial charge in [-0.15, -0.1) is 0 Å². The fraction of sp³-hybridized carbons (Fsp3) is 0.796. The van der Waals surface area contributed by atoms with Crippen molar-refractivity contribution in [2.45, 2.75) is 238 Å². The molecule has 3 N–H and O–H groups in total. The molecule has 0 spiro atoms. The lowest BCUT2D eigenvalue weighted by Gasteiger charge is -2.20. The van der Waals surface area contributed by atoms with Gasteiger partial charge in [0.1, 0.15) is 0 Å². The quantitative estimate of drug-likeness (QED) is 0.0326. The molecule has 0 fully saturated rings. The number of carbonyl (C=O) groups excluding carboxylic acids is 2. The lowest BCUT2D eigenvalue weighted by Crippen LogP contribution is -2.45. The molecule has 6 heteroatoms. The smallest absolute Gasteiger partial charge is 0.305 e. The minimum absolute atomic E-state index is 0.0441. The van der Waals surface area contributed by atoms with Gasteiger partial charge in [-0.3, -0.25) is 9.59 Å². The van der Waals surface area contributed by atoms with Crippen molar-refractivity contribution in [2.24, 2.45) is 0 Å². The van der Waals surface area contributed by atoms with E-state index in [1.807, 2.05) is 6.08 Å². The maximum Gasteiger partial charge on any atom is 0.305 e. The second kappa shape index (κ2) is 44.5. The zero-order valence-corrected chi connectivity index (χ0v) is 36.1. The number of aliphatic hydroxyl groups is 2. The van der Waals surface area contributed by atoms with Crippen molar-refractivity contribution < 1.29 is 24.5 Å². The number of esters is 1. The number of hydrogen-bond donors (Lipinski definition) is 3. The molecule has 1 amide bonds. The standard InChI is InChI=1S/C49H89NO5/c1-3-5-7-9-11-13-14-15-16-17-18-19-20-21-22-27-31-35-39-43-49(54)55-44-40-36-32-28-24-23-26-30-34-38-42-48(53)50-46(45-51)47(52)41-37-33-29-25-12-10-8-6-4-2/h11,13,15-16,24,28,37,41,46-47,51-52H,3-10,12,14,17-23,25-27,29-36,38-40,42-45H2,1-2H3,(H,50,53)/b13-11-,16-15-,28-24-,41-37+. The lowest BCUT2D eigenvalue weighted by molar-refractivity contribution is -0.143. The van der Waals surface area contributed by atoms with Crippen LogP contribution in [0.3, 0.4) is 0 Å². The molecule has 0 aliphatic rings. The van der Waals surface area contributed by atoms with Crippen LogP contribution in [0.25, 0.3) is 0 Å². The molecule has 0 saturated carbocycles. The van der Waals surface area contributed by atoms with Crippen molar-refractivity contribution in [3.63, 3.8) is 0 Å². The van der Waals surface area contributed by atoms with E-state index < -0.39 is 12.1 Å². The first-order valence-corrected chi connectivity index (χ1v) is 23.4. The van der Waals surface area contributed by atoms with Gasteiger partial charge < -0.3 is 20.3 Å². The zero-order chi connectivity index (χ0) is 40.1. The largest absolute Gasteiger partial charge is 0.466 e. The highest BCUT2D eigenvalue weighted by Crippen LogP contribution is 2.13. The number of allylic oxidation sites excluding steroid dienone is 7. The van der Waals surface area contributed by atoms with Gasteiger partial charge >= 0.3 is 5.97 Å². The number of nitrogens with one attached hydrogen (secondary N) is 1. The van der Waals surface area contributed by atoms with Crippen LogP contribution in [-0.4, -0.2) is 47.4 Å². The molecule has 2 atom stereocenters. The first kappa shape index (κ1) is 52.8. The molecule has 0 aliphatic heterocycles. The number of aliphatic hydroxyl groups excluding tert-OH is 2. The number of amides is 1. The molecule has 0 heterocycles. The van der Waals surface area contributed by atoms with E-state index in [2.05, 4.69) is 55.6 Å². The SMILES string of the molecule is CCCCC/C=C\C/C=C\CCCCCCCCCCCC(=O)OCCCC/C=C\CCCCCCC(=O)NC(CO)C(O)/C=C/CCCCCCCCC. The molecule has 0 radical (unpaired) electrons. The van der Waals surface area contributed by atoms with Crippen molar-refractivity contribution >= 4 is 11.9 Å². The number of ether oxygens (including phenoxy) is 1. The summed E-state index contributed by atoms with van der Waals surface area (Å²) in [6.45, 7) is 4.74. The Balaban J connectivity index is 3.53. The molecule has 0 aromatic carbocycles. The minimum Gasteiger partial charge on any atom is -0.466 e. The van der Waals surface area contributed by atoms with Crippen LogP contribution < -0.4 is 5.32 Å². The van der Waals surface area contributed by atoms with Gasteiger partial charge in [0.15, 0.2) is 0 Å². The molecule has 0 rings (SSSR count). The molecular weight excluding hydrogens is 683 g/mol. The lowest BCUT2D eigenvalue weighted by atomic mass is 10.1. The Morgan fingerprint density at radius 1 is 0.509 bits per heavy atom. The number of rotatable bonds is 42. The van der Waals surface area contributed by atoms with Crippen molar-refractivity contribution in [3.05, 3.63) is 48.6 Å². The molecule has 0 saturated heterocycles. The van der Waals surface area contributed by atoms with E-state index in [1.165, 1.54) is 116 Å². The number of unbranched alkanes of at least 4 members (excludes halogenated alkanes) is 25. The molecule has 6 nitrogen and oxygen atoms in total. The second-order valence-corrected chi connectivity index (χ2v) is 15.7. The van der Waals surface area contributed by atoms with E-state index in [4.69, 9.17) is 4.74 Å². The average Bonchev–Trinajstić information content (AvgIpc) is 3.18. The highest BCUT2D eigenvalue weighted by molar-refractivity contribution is 5.76. The number of hydrogen-bond acceptors (Lipinski definition) is 5. The summed E-state index contributed by atoms with van der Waals surface area (Å²) in [5.41, 5.74) is 0. The van der Waals surface area contributed by atoms with E-state index in [0.29, 0.717) is 19.4 Å². The van der Waals surface area contributed by atoms with Crippen LogP contribution in [0.2, 0.25) is 0 Å². The summed E-state index contributed by atoms with van der Waals surface area (Å²) in [5.74, 6) is -0.153. The van der Waals surface area contributed by atoms with Crippen molar-refractivity contribution in [1.29, 1.82) is 0 Å². The van der Waals surface area contributed by atoms with Crippen LogP contribution in [-0.2, 0) is 14.3 Å². The first-order valence-electron chi connectivity index (χ1n) is 23.4. The van der Waals surface area contributed by atoms with E-state index in [9.17, 15) is 19.8 Å². The van der Waals surface area contributed by atoms with E-state index >= 15 is 0 Å². The minimum atomic E-state index is -0.865. The van der Waals surface area contributed by atoms with Crippen molar-refractivity contribution in [1.82, 2.24) is 5.32 Å². The summed E-state index contributed by atoms with van der Waals surface area (Å²) in [6.07, 6.45) is 54.0. The molecule has 0 aliphatic carbocycles. The Kier molecular flexibility index (Phi) is 42.8. The highest BCUT2D eigenvalue weighted by atomic mass is 16.5. The van der Waals surface area contributed by atoms with Crippen LogP contribution in [0.15, 0.2) is 48.6 Å². The van der Waals surface area contributed by atoms with Gasteiger partial charge in [-0.25, -0.2) is 0 Å². The topological polar surface area (TPSA) is 95.9 Å². The predicted molar refractivity (Wildman–Crippen MR) is 236 cm³/mol. The van der Waals surface area contributed by atoms with E-state index in [1.54, 1.807) is 6.08 Å². The monoisotopic (exact) mass is 772 g/mol. The molecule has 0 aromatic rings. The number of carbonyl (C=O) groups is 2. The maximum absolute atomic E-state index is 12.3. The summed E-state index contributed by atoms with van der Waals surface area (Å²) in [4.78, 5) is 24.4. The van der Waals surface area contributed by atoms with Gasteiger partial charge in [0.05, 0.1) is 25.4 Å². The Bertz CT molecular complexity index is 942. The normalized spacial score (nSPS) is 13.2. The molecule has 55 heavy (non-hydrogen) atoms. The maximum atomic E-state index is 12.3. The van der Waals surface area contributed by atoms with Crippen LogP contribution in [0.1, 0.15) is 226 Å². The Morgan fingerprint density at radius 2 is 0.909 bits per heavy atom. The summed E-state index contributed by atoms with van der Waals surface area (Å²) in [6, 6.07) is -0.652. The van der Waals surface area contributed by atoms with Gasteiger partial charge in [0.2, 0.25) is 5.91 Å². The summed E-state index contributed by atoms with van der Waals surface area (Å²) < 4.78 is 5.43. The Hall–Kier alpha value is -2.18. The van der Waals surface area contributed by atoms with Gasteiger partial charge in [-0.05, 0) is 89.9 Å². The van der Waals surface area contributed by atoms with Crippen LogP contribution in [0.5, 0.6) is 0 Å². The van der Waals surface area contributed by atoms with Crippen LogP contribution in [0, 0.1) is 0 Å². The molecule has 2 unspecified atom stereocenters.